The third kappa shape index (κ3) is 2.83. The maximum absolute atomic E-state index is 12.3. The molecule has 2 heterocycles. The zero-order chi connectivity index (χ0) is 19.1. The maximum Gasteiger partial charge on any atom is 0.235 e. The molecule has 1 saturated carbocycles. The molecule has 1 spiro atoms. The Kier molecular flexibility index (Phi) is 4.05. The summed E-state index contributed by atoms with van der Waals surface area (Å²) in [7, 11) is 0. The first-order valence-corrected chi connectivity index (χ1v) is 9.82. The van der Waals surface area contributed by atoms with E-state index in [0.717, 1.165) is 47.3 Å². The average Bonchev–Trinajstić information content (AvgIpc) is 3.50. The molecule has 0 bridgehead atoms. The van der Waals surface area contributed by atoms with E-state index in [9.17, 15) is 9.90 Å². The van der Waals surface area contributed by atoms with Gasteiger partial charge in [0, 0.05) is 29.6 Å². The van der Waals surface area contributed by atoms with Crippen molar-refractivity contribution in [3.8, 4) is 11.1 Å². The Morgan fingerprint density at radius 1 is 1.21 bits per heavy atom. The molecule has 1 aromatic heterocycles. The number of amides is 1. The summed E-state index contributed by atoms with van der Waals surface area (Å²) >= 11 is 0. The smallest absolute Gasteiger partial charge is 0.235 e. The van der Waals surface area contributed by atoms with Crippen molar-refractivity contribution >= 4 is 17.3 Å². The predicted molar refractivity (Wildman–Crippen MR) is 110 cm³/mol. The number of nitrogens with one attached hydrogen (secondary N) is 2. The number of hydrogen-bond acceptors (Lipinski definition) is 4. The van der Waals surface area contributed by atoms with Gasteiger partial charge in [-0.15, -0.1) is 0 Å². The quantitative estimate of drug-likeness (QED) is 0.748. The molecule has 1 fully saturated rings. The van der Waals surface area contributed by atoms with Crippen molar-refractivity contribution in [2.45, 2.75) is 30.7 Å². The summed E-state index contributed by atoms with van der Waals surface area (Å²) in [4.78, 5) is 16.6. The Bertz CT molecular complexity index is 991. The lowest BCUT2D eigenvalue weighted by Gasteiger charge is -2.25. The van der Waals surface area contributed by atoms with E-state index in [-0.39, 0.29) is 29.9 Å². The average molecular weight is 373 g/mol. The monoisotopic (exact) mass is 373 g/mol. The van der Waals surface area contributed by atoms with Crippen molar-refractivity contribution in [3.05, 3.63) is 66.5 Å². The number of allylic oxidation sites excluding steroid dienone is 3. The number of carbonyl (C=O) groups is 1. The van der Waals surface area contributed by atoms with Crippen molar-refractivity contribution in [2.75, 3.05) is 17.2 Å². The topological polar surface area (TPSA) is 74.2 Å². The van der Waals surface area contributed by atoms with Crippen LogP contribution in [0.2, 0.25) is 0 Å². The Morgan fingerprint density at radius 3 is 2.86 bits per heavy atom. The van der Waals surface area contributed by atoms with Gasteiger partial charge in [0.1, 0.15) is 0 Å². The minimum Gasteiger partial charge on any atom is -0.394 e. The first-order valence-electron chi connectivity index (χ1n) is 9.82. The minimum absolute atomic E-state index is 0.0578. The molecule has 0 radical (unpaired) electrons. The van der Waals surface area contributed by atoms with Crippen LogP contribution in [0.1, 0.15) is 24.8 Å². The van der Waals surface area contributed by atoms with Crippen LogP contribution in [0.3, 0.4) is 0 Å². The van der Waals surface area contributed by atoms with Crippen molar-refractivity contribution in [3.63, 3.8) is 0 Å². The molecular formula is C23H23N3O2. The fourth-order valence-corrected chi connectivity index (χ4v) is 4.29. The molecule has 1 aromatic carbocycles. The minimum atomic E-state index is -0.294. The highest BCUT2D eigenvalue weighted by Gasteiger charge is 2.56. The number of carbonyl (C=O) groups excluding carboxylic acids is 1. The van der Waals surface area contributed by atoms with Crippen LogP contribution < -0.4 is 10.6 Å². The van der Waals surface area contributed by atoms with Gasteiger partial charge in [0.05, 0.1) is 23.8 Å². The molecule has 28 heavy (non-hydrogen) atoms. The molecule has 1 amide bonds. The van der Waals surface area contributed by atoms with Gasteiger partial charge in [0.15, 0.2) is 0 Å². The van der Waals surface area contributed by atoms with Crippen LogP contribution in [0, 0.1) is 5.92 Å². The third-order valence-electron chi connectivity index (χ3n) is 6.12. The fourth-order valence-electron chi connectivity index (χ4n) is 4.29. The maximum atomic E-state index is 12.3. The van der Waals surface area contributed by atoms with E-state index in [0.29, 0.717) is 0 Å². The lowest BCUT2D eigenvalue weighted by atomic mass is 9.92. The van der Waals surface area contributed by atoms with E-state index in [1.807, 2.05) is 30.5 Å². The number of fused-ring (bicyclic) bond motifs is 2. The van der Waals surface area contributed by atoms with Crippen molar-refractivity contribution in [1.82, 2.24) is 4.98 Å². The highest BCUT2D eigenvalue weighted by atomic mass is 16.3. The molecule has 2 atom stereocenters. The number of benzene rings is 1. The molecule has 2 unspecified atom stereocenters. The lowest BCUT2D eigenvalue weighted by molar-refractivity contribution is -0.117. The Morgan fingerprint density at radius 2 is 2.11 bits per heavy atom. The molecule has 1 aliphatic heterocycles. The largest absolute Gasteiger partial charge is 0.394 e. The Hall–Kier alpha value is -2.92. The van der Waals surface area contributed by atoms with Crippen LogP contribution in [0.15, 0.2) is 61.0 Å². The van der Waals surface area contributed by atoms with E-state index in [4.69, 9.17) is 0 Å². The SMILES string of the molecule is O=C1Nc2ccc(-c3cncc(NC(CO)C4C=CC=CC4)c3)cc2C12CC2. The van der Waals surface area contributed by atoms with E-state index in [1.54, 1.807) is 6.20 Å². The Balaban J connectivity index is 1.41. The number of aliphatic hydroxyl groups is 1. The van der Waals surface area contributed by atoms with Crippen molar-refractivity contribution in [2.24, 2.45) is 5.92 Å². The van der Waals surface area contributed by atoms with Crippen LogP contribution >= 0.6 is 0 Å². The van der Waals surface area contributed by atoms with Gasteiger partial charge in [0.25, 0.3) is 0 Å². The standard InChI is InChI=1S/C23H23N3O2/c27-14-21(15-4-2-1-3-5-15)25-18-10-17(12-24-13-18)16-6-7-20-19(11-16)23(8-9-23)22(28)26-20/h1-4,6-7,10-13,15,21,25,27H,5,8-9,14H2,(H,26,28). The highest BCUT2D eigenvalue weighted by Crippen LogP contribution is 2.55. The predicted octanol–water partition coefficient (Wildman–Crippen LogP) is 3.64. The molecule has 5 rings (SSSR count). The third-order valence-corrected chi connectivity index (χ3v) is 6.12. The van der Waals surface area contributed by atoms with Crippen LogP contribution in [-0.2, 0) is 10.2 Å². The van der Waals surface area contributed by atoms with E-state index >= 15 is 0 Å². The number of anilines is 2. The number of pyridine rings is 1. The van der Waals surface area contributed by atoms with E-state index in [2.05, 4.69) is 39.9 Å². The first kappa shape index (κ1) is 17.2. The molecule has 0 saturated heterocycles. The summed E-state index contributed by atoms with van der Waals surface area (Å²) in [6.07, 6.45) is 14.7. The summed E-state index contributed by atoms with van der Waals surface area (Å²) in [6.45, 7) is 0.0578. The fraction of sp³-hybridized carbons (Fsp3) is 0.304. The molecule has 5 nitrogen and oxygen atoms in total. The number of aliphatic hydroxyl groups excluding tert-OH is 1. The number of rotatable bonds is 5. The van der Waals surface area contributed by atoms with Gasteiger partial charge in [-0.25, -0.2) is 0 Å². The van der Waals surface area contributed by atoms with Crippen LogP contribution in [0.25, 0.3) is 11.1 Å². The normalized spacial score (nSPS) is 22.0. The summed E-state index contributed by atoms with van der Waals surface area (Å²) in [5.74, 6) is 0.388. The van der Waals surface area contributed by atoms with Gasteiger partial charge in [-0.1, -0.05) is 30.4 Å². The van der Waals surface area contributed by atoms with Gasteiger partial charge in [-0.3, -0.25) is 9.78 Å². The second-order valence-electron chi connectivity index (χ2n) is 7.90. The lowest BCUT2D eigenvalue weighted by Crippen LogP contribution is -2.32. The van der Waals surface area contributed by atoms with Gasteiger partial charge in [-0.2, -0.15) is 0 Å². The van der Waals surface area contributed by atoms with Gasteiger partial charge in [0.2, 0.25) is 5.91 Å². The summed E-state index contributed by atoms with van der Waals surface area (Å²) in [6, 6.07) is 8.14. The van der Waals surface area contributed by atoms with Crippen LogP contribution in [-0.4, -0.2) is 28.6 Å². The molecule has 3 N–H and O–H groups in total. The van der Waals surface area contributed by atoms with Crippen molar-refractivity contribution in [1.29, 1.82) is 0 Å². The number of hydrogen-bond donors (Lipinski definition) is 3. The zero-order valence-electron chi connectivity index (χ0n) is 15.6. The summed E-state index contributed by atoms with van der Waals surface area (Å²) in [5, 5.41) is 16.3. The molecule has 142 valence electrons. The molecule has 3 aliphatic rings. The highest BCUT2D eigenvalue weighted by molar-refractivity contribution is 6.08. The molecule has 5 heteroatoms. The molecular weight excluding hydrogens is 350 g/mol. The Labute approximate surface area is 164 Å². The molecule has 2 aromatic rings. The van der Waals surface area contributed by atoms with Gasteiger partial charge >= 0.3 is 0 Å². The van der Waals surface area contributed by atoms with Gasteiger partial charge < -0.3 is 15.7 Å². The summed E-state index contributed by atoms with van der Waals surface area (Å²) in [5.41, 5.74) is 4.69. The van der Waals surface area contributed by atoms with Crippen LogP contribution in [0.4, 0.5) is 11.4 Å². The second kappa shape index (κ2) is 6.60. The van der Waals surface area contributed by atoms with Crippen LogP contribution in [0.5, 0.6) is 0 Å². The van der Waals surface area contributed by atoms with Crippen molar-refractivity contribution < 1.29 is 9.90 Å². The summed E-state index contributed by atoms with van der Waals surface area (Å²) < 4.78 is 0. The first-order chi connectivity index (χ1) is 13.7. The zero-order valence-corrected chi connectivity index (χ0v) is 15.6. The van der Waals surface area contributed by atoms with E-state index in [1.165, 1.54) is 0 Å². The van der Waals surface area contributed by atoms with E-state index < -0.39 is 0 Å². The second-order valence-corrected chi connectivity index (χ2v) is 7.90. The molecule has 2 aliphatic carbocycles. The number of nitrogens with zero attached hydrogens (tertiary/aromatic N) is 1. The van der Waals surface area contributed by atoms with Gasteiger partial charge in [-0.05, 0) is 48.6 Å². The number of aromatic nitrogens is 1.